The highest BCUT2D eigenvalue weighted by Crippen LogP contribution is 2.11. The van der Waals surface area contributed by atoms with Crippen LogP contribution in [0.2, 0.25) is 0 Å². The quantitative estimate of drug-likeness (QED) is 0.797. The molecule has 1 aromatic rings. The summed E-state index contributed by atoms with van der Waals surface area (Å²) in [4.78, 5) is 13.5. The molecule has 0 unspecified atom stereocenters. The SMILES string of the molecule is CCCCCNC(=O)N(C)Cc1ccc(Br)cc1. The van der Waals surface area contributed by atoms with Gasteiger partial charge in [0.15, 0.2) is 0 Å². The number of nitrogens with zero attached hydrogens (tertiary/aromatic N) is 1. The first-order chi connectivity index (χ1) is 8.63. The predicted molar refractivity (Wildman–Crippen MR) is 78.5 cm³/mol. The highest BCUT2D eigenvalue weighted by molar-refractivity contribution is 9.10. The molecule has 1 aromatic carbocycles. The number of nitrogens with one attached hydrogen (secondary N) is 1. The van der Waals surface area contributed by atoms with Crippen molar-refractivity contribution in [1.82, 2.24) is 10.2 Å². The molecule has 0 saturated carbocycles. The molecule has 0 spiro atoms. The van der Waals surface area contributed by atoms with E-state index in [2.05, 4.69) is 28.2 Å². The highest BCUT2D eigenvalue weighted by Gasteiger charge is 2.07. The van der Waals surface area contributed by atoms with E-state index in [-0.39, 0.29) is 6.03 Å². The lowest BCUT2D eigenvalue weighted by atomic mass is 10.2. The second-order valence-electron chi connectivity index (χ2n) is 4.42. The number of carbonyl (C=O) groups excluding carboxylic acids is 1. The van der Waals surface area contributed by atoms with Crippen LogP contribution < -0.4 is 5.32 Å². The zero-order valence-corrected chi connectivity index (χ0v) is 12.7. The number of benzene rings is 1. The summed E-state index contributed by atoms with van der Waals surface area (Å²) in [7, 11) is 1.82. The van der Waals surface area contributed by atoms with E-state index in [1.807, 2.05) is 31.3 Å². The van der Waals surface area contributed by atoms with Crippen molar-refractivity contribution in [3.8, 4) is 0 Å². The zero-order valence-electron chi connectivity index (χ0n) is 11.1. The molecule has 18 heavy (non-hydrogen) atoms. The molecular formula is C14H21BrN2O. The summed E-state index contributed by atoms with van der Waals surface area (Å²) in [5.41, 5.74) is 1.13. The van der Waals surface area contributed by atoms with Crippen LogP contribution in [0, 0.1) is 0 Å². The van der Waals surface area contributed by atoms with E-state index in [0.29, 0.717) is 6.54 Å². The van der Waals surface area contributed by atoms with Crippen LogP contribution in [0.3, 0.4) is 0 Å². The third-order valence-electron chi connectivity index (χ3n) is 2.74. The van der Waals surface area contributed by atoms with E-state index < -0.39 is 0 Å². The van der Waals surface area contributed by atoms with Gasteiger partial charge in [0.2, 0.25) is 0 Å². The molecule has 0 aliphatic carbocycles. The van der Waals surface area contributed by atoms with Gasteiger partial charge < -0.3 is 10.2 Å². The molecule has 2 amide bonds. The molecule has 0 aliphatic heterocycles. The van der Waals surface area contributed by atoms with Gasteiger partial charge >= 0.3 is 6.03 Å². The second kappa shape index (κ2) is 8.14. The van der Waals surface area contributed by atoms with Gasteiger partial charge in [-0.2, -0.15) is 0 Å². The Balaban J connectivity index is 2.33. The topological polar surface area (TPSA) is 32.3 Å². The number of carbonyl (C=O) groups is 1. The average molecular weight is 313 g/mol. The summed E-state index contributed by atoms with van der Waals surface area (Å²) >= 11 is 3.40. The summed E-state index contributed by atoms with van der Waals surface area (Å²) in [5, 5.41) is 2.93. The summed E-state index contributed by atoms with van der Waals surface area (Å²) in [6.07, 6.45) is 3.38. The Morgan fingerprint density at radius 2 is 1.94 bits per heavy atom. The van der Waals surface area contributed by atoms with Gasteiger partial charge in [-0.05, 0) is 24.1 Å². The maximum absolute atomic E-state index is 11.8. The number of unbranched alkanes of at least 4 members (excludes halogenated alkanes) is 2. The van der Waals surface area contributed by atoms with Crippen LogP contribution in [0.4, 0.5) is 4.79 Å². The Kier molecular flexibility index (Phi) is 6.80. The van der Waals surface area contributed by atoms with Crippen LogP contribution in [-0.2, 0) is 6.54 Å². The lowest BCUT2D eigenvalue weighted by Gasteiger charge is -2.18. The maximum atomic E-state index is 11.8. The first-order valence-electron chi connectivity index (χ1n) is 6.37. The molecule has 4 heteroatoms. The monoisotopic (exact) mass is 312 g/mol. The van der Waals surface area contributed by atoms with Crippen molar-refractivity contribution in [3.63, 3.8) is 0 Å². The Bertz CT molecular complexity index is 365. The van der Waals surface area contributed by atoms with Crippen LogP contribution in [0.15, 0.2) is 28.7 Å². The van der Waals surface area contributed by atoms with Gasteiger partial charge in [0.1, 0.15) is 0 Å². The largest absolute Gasteiger partial charge is 0.338 e. The fourth-order valence-corrected chi connectivity index (χ4v) is 1.91. The third-order valence-corrected chi connectivity index (χ3v) is 3.26. The molecule has 0 radical (unpaired) electrons. The van der Waals surface area contributed by atoms with E-state index >= 15 is 0 Å². The number of hydrogen-bond donors (Lipinski definition) is 1. The molecule has 1 rings (SSSR count). The summed E-state index contributed by atoms with van der Waals surface area (Å²) < 4.78 is 1.05. The number of amides is 2. The predicted octanol–water partition coefficient (Wildman–Crippen LogP) is 3.78. The fourth-order valence-electron chi connectivity index (χ4n) is 1.64. The van der Waals surface area contributed by atoms with Crippen LogP contribution in [0.5, 0.6) is 0 Å². The van der Waals surface area contributed by atoms with Crippen molar-refractivity contribution in [2.24, 2.45) is 0 Å². The second-order valence-corrected chi connectivity index (χ2v) is 5.34. The molecule has 100 valence electrons. The summed E-state index contributed by atoms with van der Waals surface area (Å²) in [5.74, 6) is 0. The molecule has 0 bridgehead atoms. The average Bonchev–Trinajstić information content (AvgIpc) is 2.37. The van der Waals surface area contributed by atoms with Gasteiger partial charge in [0.25, 0.3) is 0 Å². The van der Waals surface area contributed by atoms with E-state index in [1.54, 1.807) is 4.90 Å². The van der Waals surface area contributed by atoms with Crippen LogP contribution >= 0.6 is 15.9 Å². The normalized spacial score (nSPS) is 10.2. The minimum atomic E-state index is -0.00554. The molecule has 0 saturated heterocycles. The van der Waals surface area contributed by atoms with Gasteiger partial charge in [-0.25, -0.2) is 4.79 Å². The van der Waals surface area contributed by atoms with E-state index in [1.165, 1.54) is 6.42 Å². The lowest BCUT2D eigenvalue weighted by molar-refractivity contribution is 0.206. The van der Waals surface area contributed by atoms with Gasteiger partial charge in [0.05, 0.1) is 0 Å². The van der Waals surface area contributed by atoms with Crippen molar-refractivity contribution in [1.29, 1.82) is 0 Å². The summed E-state index contributed by atoms with van der Waals surface area (Å²) in [6.45, 7) is 3.55. The number of hydrogen-bond acceptors (Lipinski definition) is 1. The van der Waals surface area contributed by atoms with Crippen LogP contribution in [-0.4, -0.2) is 24.5 Å². The highest BCUT2D eigenvalue weighted by atomic mass is 79.9. The number of urea groups is 1. The van der Waals surface area contributed by atoms with Crippen LogP contribution in [0.1, 0.15) is 31.7 Å². The summed E-state index contributed by atoms with van der Waals surface area (Å²) in [6, 6.07) is 8.01. The lowest BCUT2D eigenvalue weighted by Crippen LogP contribution is -2.37. The van der Waals surface area contributed by atoms with Crippen molar-refractivity contribution in [2.45, 2.75) is 32.7 Å². The molecule has 0 fully saturated rings. The zero-order chi connectivity index (χ0) is 13.4. The van der Waals surface area contributed by atoms with Gasteiger partial charge in [-0.3, -0.25) is 0 Å². The van der Waals surface area contributed by atoms with Crippen molar-refractivity contribution < 1.29 is 4.79 Å². The number of halogens is 1. The van der Waals surface area contributed by atoms with Gasteiger partial charge in [0, 0.05) is 24.6 Å². The molecule has 0 heterocycles. The minimum absolute atomic E-state index is 0.00554. The van der Waals surface area contributed by atoms with Crippen molar-refractivity contribution in [3.05, 3.63) is 34.3 Å². The molecule has 0 aliphatic rings. The Morgan fingerprint density at radius 3 is 2.56 bits per heavy atom. The third kappa shape index (κ3) is 5.54. The Hall–Kier alpha value is -1.03. The first kappa shape index (κ1) is 15.0. The van der Waals surface area contributed by atoms with E-state index in [9.17, 15) is 4.79 Å². The molecule has 1 N–H and O–H groups in total. The maximum Gasteiger partial charge on any atom is 0.317 e. The van der Waals surface area contributed by atoms with Crippen molar-refractivity contribution in [2.75, 3.05) is 13.6 Å². The standard InChI is InChI=1S/C14H21BrN2O/c1-3-4-5-10-16-14(18)17(2)11-12-6-8-13(15)9-7-12/h6-9H,3-5,10-11H2,1-2H3,(H,16,18). The number of rotatable bonds is 6. The smallest absolute Gasteiger partial charge is 0.317 e. The Morgan fingerprint density at radius 1 is 1.28 bits per heavy atom. The molecular weight excluding hydrogens is 292 g/mol. The van der Waals surface area contributed by atoms with Crippen LogP contribution in [0.25, 0.3) is 0 Å². The van der Waals surface area contributed by atoms with E-state index in [0.717, 1.165) is 29.4 Å². The minimum Gasteiger partial charge on any atom is -0.338 e. The fraction of sp³-hybridized carbons (Fsp3) is 0.500. The van der Waals surface area contributed by atoms with Crippen molar-refractivity contribution >= 4 is 22.0 Å². The molecule has 3 nitrogen and oxygen atoms in total. The van der Waals surface area contributed by atoms with Gasteiger partial charge in [-0.15, -0.1) is 0 Å². The first-order valence-corrected chi connectivity index (χ1v) is 7.16. The van der Waals surface area contributed by atoms with Gasteiger partial charge in [-0.1, -0.05) is 47.8 Å². The molecule has 0 aromatic heterocycles. The van der Waals surface area contributed by atoms with E-state index in [4.69, 9.17) is 0 Å². The molecule has 0 atom stereocenters. The Labute approximate surface area is 118 Å².